The Hall–Kier alpha value is -0.610. The first-order valence-electron chi connectivity index (χ1n) is 7.13. The van der Waals surface area contributed by atoms with Gasteiger partial charge in [-0.05, 0) is 33.1 Å². The Kier molecular flexibility index (Phi) is 6.65. The van der Waals surface area contributed by atoms with Crippen LogP contribution in [0.5, 0.6) is 0 Å². The quantitative estimate of drug-likeness (QED) is 0.761. The second-order valence-corrected chi connectivity index (χ2v) is 5.43. The first-order valence-corrected chi connectivity index (χ1v) is 7.13. The summed E-state index contributed by atoms with van der Waals surface area (Å²) in [6, 6.07) is 0.879. The van der Waals surface area contributed by atoms with E-state index in [-0.39, 0.29) is 6.42 Å². The number of carboxylic acids is 1. The summed E-state index contributed by atoms with van der Waals surface area (Å²) in [6.07, 6.45) is 4.92. The Labute approximate surface area is 110 Å². The third-order valence-corrected chi connectivity index (χ3v) is 3.67. The van der Waals surface area contributed by atoms with Gasteiger partial charge >= 0.3 is 5.97 Å². The third-order valence-electron chi connectivity index (χ3n) is 3.67. The molecule has 1 aliphatic heterocycles. The lowest BCUT2D eigenvalue weighted by atomic mass is 9.97. The molecular formula is C14H27NO3. The van der Waals surface area contributed by atoms with Crippen molar-refractivity contribution in [3.8, 4) is 0 Å². The molecule has 1 N–H and O–H groups in total. The van der Waals surface area contributed by atoms with Gasteiger partial charge in [0.05, 0.1) is 12.5 Å². The van der Waals surface area contributed by atoms with Gasteiger partial charge in [0.15, 0.2) is 0 Å². The molecule has 1 aliphatic rings. The molecular weight excluding hydrogens is 230 g/mol. The molecule has 0 radical (unpaired) electrons. The second-order valence-electron chi connectivity index (χ2n) is 5.43. The Morgan fingerprint density at radius 3 is 2.78 bits per heavy atom. The van der Waals surface area contributed by atoms with E-state index in [1.165, 1.54) is 0 Å². The minimum absolute atomic E-state index is 0.230. The average molecular weight is 257 g/mol. The van der Waals surface area contributed by atoms with E-state index in [2.05, 4.69) is 25.7 Å². The molecule has 1 heterocycles. The maximum Gasteiger partial charge on any atom is 0.304 e. The molecule has 1 rings (SSSR count). The molecule has 0 bridgehead atoms. The van der Waals surface area contributed by atoms with Crippen LogP contribution in [0.3, 0.4) is 0 Å². The first kappa shape index (κ1) is 15.4. The number of hydrogen-bond acceptors (Lipinski definition) is 3. The van der Waals surface area contributed by atoms with Crippen LogP contribution in [-0.2, 0) is 9.53 Å². The zero-order chi connectivity index (χ0) is 13.5. The van der Waals surface area contributed by atoms with Crippen LogP contribution in [0, 0.1) is 0 Å². The van der Waals surface area contributed by atoms with Crippen LogP contribution >= 0.6 is 0 Å². The number of carbonyl (C=O) groups is 1. The molecule has 1 saturated heterocycles. The molecule has 4 nitrogen and oxygen atoms in total. The second kappa shape index (κ2) is 7.74. The Morgan fingerprint density at radius 1 is 1.50 bits per heavy atom. The van der Waals surface area contributed by atoms with Gasteiger partial charge in [-0.2, -0.15) is 0 Å². The van der Waals surface area contributed by atoms with Gasteiger partial charge in [0.1, 0.15) is 0 Å². The molecule has 18 heavy (non-hydrogen) atoms. The molecule has 2 unspecified atom stereocenters. The van der Waals surface area contributed by atoms with E-state index < -0.39 is 5.97 Å². The standard InChI is InChI=1S/C14H27NO3/c1-4-5-13-10-12(7-9-18-13)15(11(2)3)8-6-14(16)17/h11-13H,4-10H2,1-3H3,(H,16,17). The zero-order valence-electron chi connectivity index (χ0n) is 11.9. The van der Waals surface area contributed by atoms with Gasteiger partial charge in [-0.15, -0.1) is 0 Å². The van der Waals surface area contributed by atoms with Gasteiger partial charge in [-0.25, -0.2) is 0 Å². The van der Waals surface area contributed by atoms with Crippen molar-refractivity contribution in [1.29, 1.82) is 0 Å². The van der Waals surface area contributed by atoms with E-state index in [1.54, 1.807) is 0 Å². The summed E-state index contributed by atoms with van der Waals surface area (Å²) < 4.78 is 5.76. The van der Waals surface area contributed by atoms with Gasteiger partial charge in [0.2, 0.25) is 0 Å². The number of aliphatic carboxylic acids is 1. The Bertz CT molecular complexity index is 253. The van der Waals surface area contributed by atoms with Crippen LogP contribution in [0.2, 0.25) is 0 Å². The van der Waals surface area contributed by atoms with E-state index in [0.717, 1.165) is 32.3 Å². The third kappa shape index (κ3) is 4.94. The number of carboxylic acid groups (broad SMARTS) is 1. The highest BCUT2D eigenvalue weighted by atomic mass is 16.5. The largest absolute Gasteiger partial charge is 0.481 e. The predicted octanol–water partition coefficient (Wildman–Crippen LogP) is 2.52. The average Bonchev–Trinajstić information content (AvgIpc) is 2.29. The lowest BCUT2D eigenvalue weighted by Crippen LogP contribution is -2.46. The highest BCUT2D eigenvalue weighted by Crippen LogP contribution is 2.23. The Balaban J connectivity index is 2.52. The zero-order valence-corrected chi connectivity index (χ0v) is 11.9. The minimum Gasteiger partial charge on any atom is -0.481 e. The fraction of sp³-hybridized carbons (Fsp3) is 0.929. The summed E-state index contributed by atoms with van der Waals surface area (Å²) in [6.45, 7) is 7.93. The van der Waals surface area contributed by atoms with E-state index in [1.807, 2.05) is 0 Å². The van der Waals surface area contributed by atoms with Crippen molar-refractivity contribution in [2.75, 3.05) is 13.2 Å². The minimum atomic E-state index is -0.710. The van der Waals surface area contributed by atoms with Gasteiger partial charge in [-0.1, -0.05) is 13.3 Å². The van der Waals surface area contributed by atoms with E-state index in [0.29, 0.717) is 24.7 Å². The van der Waals surface area contributed by atoms with Crippen LogP contribution in [-0.4, -0.2) is 47.3 Å². The molecule has 0 aromatic rings. The summed E-state index contributed by atoms with van der Waals surface area (Å²) in [7, 11) is 0. The summed E-state index contributed by atoms with van der Waals surface area (Å²) in [5.41, 5.74) is 0. The van der Waals surface area contributed by atoms with E-state index in [4.69, 9.17) is 9.84 Å². The molecule has 106 valence electrons. The Morgan fingerprint density at radius 2 is 2.22 bits per heavy atom. The van der Waals surface area contributed by atoms with Crippen molar-refractivity contribution in [1.82, 2.24) is 4.90 Å². The van der Waals surface area contributed by atoms with Crippen molar-refractivity contribution >= 4 is 5.97 Å². The van der Waals surface area contributed by atoms with Crippen molar-refractivity contribution in [2.24, 2.45) is 0 Å². The first-order chi connectivity index (χ1) is 8.54. The maximum absolute atomic E-state index is 10.7. The number of ether oxygens (including phenoxy) is 1. The van der Waals surface area contributed by atoms with Gasteiger partial charge in [0.25, 0.3) is 0 Å². The molecule has 0 aliphatic carbocycles. The van der Waals surface area contributed by atoms with Crippen molar-refractivity contribution < 1.29 is 14.6 Å². The van der Waals surface area contributed by atoms with Crippen LogP contribution in [0.15, 0.2) is 0 Å². The molecule has 1 fully saturated rings. The summed E-state index contributed by atoms with van der Waals surface area (Å²) in [5, 5.41) is 8.83. The summed E-state index contributed by atoms with van der Waals surface area (Å²) >= 11 is 0. The topological polar surface area (TPSA) is 49.8 Å². The van der Waals surface area contributed by atoms with Crippen LogP contribution in [0.25, 0.3) is 0 Å². The lowest BCUT2D eigenvalue weighted by Gasteiger charge is -2.39. The van der Waals surface area contributed by atoms with Gasteiger partial charge in [-0.3, -0.25) is 9.69 Å². The highest BCUT2D eigenvalue weighted by Gasteiger charge is 2.28. The molecule has 0 spiro atoms. The normalized spacial score (nSPS) is 24.7. The van der Waals surface area contributed by atoms with Crippen molar-refractivity contribution in [3.05, 3.63) is 0 Å². The highest BCUT2D eigenvalue weighted by molar-refractivity contribution is 5.66. The van der Waals surface area contributed by atoms with Crippen LogP contribution in [0.4, 0.5) is 0 Å². The summed E-state index contributed by atoms with van der Waals surface area (Å²) in [5.74, 6) is -0.710. The fourth-order valence-electron chi connectivity index (χ4n) is 2.77. The monoisotopic (exact) mass is 257 g/mol. The van der Waals surface area contributed by atoms with E-state index in [9.17, 15) is 4.79 Å². The van der Waals surface area contributed by atoms with Crippen molar-refractivity contribution in [3.63, 3.8) is 0 Å². The van der Waals surface area contributed by atoms with Crippen LogP contribution < -0.4 is 0 Å². The number of hydrogen-bond donors (Lipinski definition) is 1. The molecule has 0 amide bonds. The van der Waals surface area contributed by atoms with Gasteiger partial charge in [0, 0.05) is 25.2 Å². The molecule has 0 aromatic heterocycles. The number of rotatable bonds is 7. The van der Waals surface area contributed by atoms with Crippen LogP contribution in [0.1, 0.15) is 52.9 Å². The molecule has 0 saturated carbocycles. The fourth-order valence-corrected chi connectivity index (χ4v) is 2.77. The smallest absolute Gasteiger partial charge is 0.304 e. The molecule has 0 aromatic carbocycles. The summed E-state index contributed by atoms with van der Waals surface area (Å²) in [4.78, 5) is 13.1. The van der Waals surface area contributed by atoms with Gasteiger partial charge < -0.3 is 9.84 Å². The SMILES string of the molecule is CCCC1CC(N(CCC(=O)O)C(C)C)CCO1. The molecule has 2 atom stereocenters. The lowest BCUT2D eigenvalue weighted by molar-refractivity contribution is -0.137. The predicted molar refractivity (Wildman–Crippen MR) is 71.8 cm³/mol. The van der Waals surface area contributed by atoms with E-state index >= 15 is 0 Å². The van der Waals surface area contributed by atoms with Crippen molar-refractivity contribution in [2.45, 2.75) is 71.1 Å². The maximum atomic E-state index is 10.7. The molecule has 4 heteroatoms. The number of nitrogens with zero attached hydrogens (tertiary/aromatic N) is 1.